The van der Waals surface area contributed by atoms with Gasteiger partial charge in [-0.05, 0) is 24.6 Å². The van der Waals surface area contributed by atoms with Gasteiger partial charge in [0.25, 0.3) is 0 Å². The molecule has 3 heteroatoms. The van der Waals surface area contributed by atoms with Gasteiger partial charge in [-0.1, -0.05) is 42.5 Å². The summed E-state index contributed by atoms with van der Waals surface area (Å²) in [6.07, 6.45) is 0. The van der Waals surface area contributed by atoms with Crippen molar-refractivity contribution in [1.82, 2.24) is 4.98 Å². The number of fused-ring (bicyclic) bond motifs is 1. The van der Waals surface area contributed by atoms with Gasteiger partial charge in [0.15, 0.2) is 0 Å². The first-order valence-corrected chi connectivity index (χ1v) is 7.35. The van der Waals surface area contributed by atoms with E-state index in [-0.39, 0.29) is 0 Å². The van der Waals surface area contributed by atoms with Crippen molar-refractivity contribution in [3.63, 3.8) is 0 Å². The molecule has 20 heavy (non-hydrogen) atoms. The zero-order chi connectivity index (χ0) is 14.2. The predicted octanol–water partition coefficient (Wildman–Crippen LogP) is 4.76. The van der Waals surface area contributed by atoms with Crippen molar-refractivity contribution >= 4 is 22.1 Å². The summed E-state index contributed by atoms with van der Waals surface area (Å²) < 4.78 is 0. The molecule has 3 rings (SSSR count). The Morgan fingerprint density at radius 2 is 1.85 bits per heavy atom. The summed E-state index contributed by atoms with van der Waals surface area (Å²) >= 11 is 1.55. The molecule has 0 spiro atoms. The van der Waals surface area contributed by atoms with Crippen molar-refractivity contribution in [1.29, 1.82) is 5.26 Å². The minimum absolute atomic E-state index is 0.534. The molecule has 3 aromatic rings. The van der Waals surface area contributed by atoms with Crippen LogP contribution in [0.4, 0.5) is 0 Å². The van der Waals surface area contributed by atoms with Crippen LogP contribution in [0.25, 0.3) is 22.0 Å². The molecule has 0 amide bonds. The number of thiazole rings is 1. The zero-order valence-corrected chi connectivity index (χ0v) is 12.2. The molecule has 0 N–H and O–H groups in total. The number of nitrogens with zero attached hydrogens (tertiary/aromatic N) is 2. The molecule has 98 valence electrons. The van der Waals surface area contributed by atoms with Crippen LogP contribution in [0.5, 0.6) is 0 Å². The molecule has 0 radical (unpaired) electrons. The van der Waals surface area contributed by atoms with Crippen LogP contribution in [0.2, 0.25) is 0 Å². The molecular formula is C17H14N2S. The third kappa shape index (κ3) is 2.09. The molecule has 0 saturated heterocycles. The number of nitriles is 1. The van der Waals surface area contributed by atoms with Crippen LogP contribution in [-0.2, 0) is 5.41 Å². The molecule has 1 aromatic heterocycles. The highest BCUT2D eigenvalue weighted by molar-refractivity contribution is 7.10. The van der Waals surface area contributed by atoms with E-state index in [0.29, 0.717) is 0 Å². The van der Waals surface area contributed by atoms with Gasteiger partial charge in [0.2, 0.25) is 0 Å². The van der Waals surface area contributed by atoms with Crippen molar-refractivity contribution in [2.75, 3.05) is 0 Å². The quantitative estimate of drug-likeness (QED) is 0.677. The minimum Gasteiger partial charge on any atom is -0.240 e. The highest BCUT2D eigenvalue weighted by Crippen LogP contribution is 2.33. The molecule has 2 aromatic carbocycles. The van der Waals surface area contributed by atoms with Crippen molar-refractivity contribution in [3.8, 4) is 17.3 Å². The standard InChI is InChI=1S/C17H14N2S/c1-17(2,11-18)16-19-15(10-20-16)14-9-5-7-12-6-3-4-8-13(12)14/h3-10H,1-2H3. The Morgan fingerprint density at radius 3 is 2.65 bits per heavy atom. The third-order valence-electron chi connectivity index (χ3n) is 3.38. The summed E-state index contributed by atoms with van der Waals surface area (Å²) in [7, 11) is 0. The fourth-order valence-electron chi connectivity index (χ4n) is 2.18. The normalized spacial score (nSPS) is 11.4. The van der Waals surface area contributed by atoms with E-state index in [1.165, 1.54) is 10.8 Å². The van der Waals surface area contributed by atoms with Crippen molar-refractivity contribution in [2.45, 2.75) is 19.3 Å². The Morgan fingerprint density at radius 1 is 1.10 bits per heavy atom. The van der Waals surface area contributed by atoms with E-state index in [2.05, 4.69) is 35.3 Å². The number of aromatic nitrogens is 1. The molecule has 0 bridgehead atoms. The van der Waals surface area contributed by atoms with Gasteiger partial charge in [-0.2, -0.15) is 5.26 Å². The average Bonchev–Trinajstić information content (AvgIpc) is 2.97. The van der Waals surface area contributed by atoms with E-state index >= 15 is 0 Å². The molecule has 0 aliphatic rings. The summed E-state index contributed by atoms with van der Waals surface area (Å²) in [6.45, 7) is 3.80. The maximum atomic E-state index is 9.22. The lowest BCUT2D eigenvalue weighted by Gasteiger charge is -2.10. The van der Waals surface area contributed by atoms with Crippen LogP contribution in [0.15, 0.2) is 47.8 Å². The van der Waals surface area contributed by atoms with E-state index in [1.807, 2.05) is 37.4 Å². The van der Waals surface area contributed by atoms with Crippen LogP contribution in [0.1, 0.15) is 18.9 Å². The molecule has 0 saturated carbocycles. The second-order valence-corrected chi connectivity index (χ2v) is 6.16. The van der Waals surface area contributed by atoms with Crippen LogP contribution in [-0.4, -0.2) is 4.98 Å². The van der Waals surface area contributed by atoms with Crippen molar-refractivity contribution in [3.05, 3.63) is 52.9 Å². The van der Waals surface area contributed by atoms with E-state index in [1.54, 1.807) is 11.3 Å². The summed E-state index contributed by atoms with van der Waals surface area (Å²) in [5.74, 6) is 0. The SMILES string of the molecule is CC(C)(C#N)c1nc(-c2cccc3ccccc23)cs1. The van der Waals surface area contributed by atoms with Gasteiger partial charge in [0, 0.05) is 10.9 Å². The lowest BCUT2D eigenvalue weighted by atomic mass is 9.97. The van der Waals surface area contributed by atoms with Gasteiger partial charge in [-0.3, -0.25) is 0 Å². The van der Waals surface area contributed by atoms with Gasteiger partial charge in [0.1, 0.15) is 10.4 Å². The smallest absolute Gasteiger partial charge is 0.113 e. The van der Waals surface area contributed by atoms with E-state index in [9.17, 15) is 5.26 Å². The van der Waals surface area contributed by atoms with Crippen molar-refractivity contribution in [2.24, 2.45) is 0 Å². The monoisotopic (exact) mass is 278 g/mol. The molecule has 0 unspecified atom stereocenters. The first-order valence-electron chi connectivity index (χ1n) is 6.47. The molecule has 0 aliphatic heterocycles. The topological polar surface area (TPSA) is 36.7 Å². The van der Waals surface area contributed by atoms with E-state index < -0.39 is 5.41 Å². The van der Waals surface area contributed by atoms with Crippen molar-refractivity contribution < 1.29 is 0 Å². The lowest BCUT2D eigenvalue weighted by Crippen LogP contribution is -2.13. The number of hydrogen-bond donors (Lipinski definition) is 0. The molecule has 0 atom stereocenters. The number of hydrogen-bond acceptors (Lipinski definition) is 3. The van der Waals surface area contributed by atoms with E-state index in [0.717, 1.165) is 16.3 Å². The van der Waals surface area contributed by atoms with Gasteiger partial charge >= 0.3 is 0 Å². The fourth-order valence-corrected chi connectivity index (χ4v) is 3.08. The van der Waals surface area contributed by atoms with Gasteiger partial charge in [-0.15, -0.1) is 11.3 Å². The largest absolute Gasteiger partial charge is 0.240 e. The minimum atomic E-state index is -0.534. The van der Waals surface area contributed by atoms with Crippen LogP contribution in [0, 0.1) is 11.3 Å². The Hall–Kier alpha value is -2.18. The third-order valence-corrected chi connectivity index (χ3v) is 4.55. The molecule has 2 nitrogen and oxygen atoms in total. The maximum Gasteiger partial charge on any atom is 0.113 e. The predicted molar refractivity (Wildman–Crippen MR) is 83.7 cm³/mol. The van der Waals surface area contributed by atoms with Gasteiger partial charge in [-0.25, -0.2) is 4.98 Å². The highest BCUT2D eigenvalue weighted by atomic mass is 32.1. The lowest BCUT2D eigenvalue weighted by molar-refractivity contribution is 0.680. The number of benzene rings is 2. The van der Waals surface area contributed by atoms with Crippen LogP contribution in [0.3, 0.4) is 0 Å². The second kappa shape index (κ2) is 4.73. The Labute approximate surface area is 122 Å². The first-order chi connectivity index (χ1) is 9.62. The summed E-state index contributed by atoms with van der Waals surface area (Å²) in [4.78, 5) is 4.67. The summed E-state index contributed by atoms with van der Waals surface area (Å²) in [6, 6.07) is 16.8. The Bertz CT molecular complexity index is 804. The first kappa shape index (κ1) is 12.8. The van der Waals surface area contributed by atoms with Gasteiger partial charge in [0.05, 0.1) is 11.8 Å². The maximum absolute atomic E-state index is 9.22. The van der Waals surface area contributed by atoms with Crippen LogP contribution >= 0.6 is 11.3 Å². The molecule has 1 heterocycles. The van der Waals surface area contributed by atoms with Gasteiger partial charge < -0.3 is 0 Å². The molecule has 0 aliphatic carbocycles. The van der Waals surface area contributed by atoms with Crippen LogP contribution < -0.4 is 0 Å². The number of rotatable bonds is 2. The second-order valence-electron chi connectivity index (χ2n) is 5.30. The molecular weight excluding hydrogens is 264 g/mol. The highest BCUT2D eigenvalue weighted by Gasteiger charge is 2.24. The summed E-state index contributed by atoms with van der Waals surface area (Å²) in [5, 5.41) is 14.5. The Kier molecular flexibility index (Phi) is 3.04. The Balaban J connectivity index is 2.16. The van der Waals surface area contributed by atoms with E-state index in [4.69, 9.17) is 0 Å². The summed E-state index contributed by atoms with van der Waals surface area (Å²) in [5.41, 5.74) is 1.54. The average molecular weight is 278 g/mol. The molecule has 0 fully saturated rings. The fraction of sp³-hybridized carbons (Fsp3) is 0.176. The zero-order valence-electron chi connectivity index (χ0n) is 11.4.